The van der Waals surface area contributed by atoms with Crippen LogP contribution in [0.1, 0.15) is 9.67 Å². The number of carbonyl (C=O) groups excluding carboxylic acids is 1. The van der Waals surface area contributed by atoms with Gasteiger partial charge in [-0.2, -0.15) is 0 Å². The van der Waals surface area contributed by atoms with Gasteiger partial charge in [-0.3, -0.25) is 4.79 Å². The molecule has 2 rings (SSSR count). The summed E-state index contributed by atoms with van der Waals surface area (Å²) in [5.74, 6) is 0. The fraction of sp³-hybridized carbons (Fsp3) is 0. The van der Waals surface area contributed by atoms with Gasteiger partial charge in [0.05, 0.1) is 11.1 Å². The van der Waals surface area contributed by atoms with E-state index >= 15 is 0 Å². The van der Waals surface area contributed by atoms with Crippen molar-refractivity contribution in [2.24, 2.45) is 0 Å². The van der Waals surface area contributed by atoms with Crippen LogP contribution in [-0.2, 0) is 0 Å². The molecule has 4 heteroatoms. The molecule has 0 amide bonds. The van der Waals surface area contributed by atoms with Crippen LogP contribution in [0.15, 0.2) is 30.7 Å². The molecule has 0 aliphatic heterocycles. The molecule has 2 heterocycles. The molecule has 0 radical (unpaired) electrons. The minimum atomic E-state index is 0.652. The zero-order valence-electron chi connectivity index (χ0n) is 6.18. The Hall–Kier alpha value is -1.42. The van der Waals surface area contributed by atoms with Crippen LogP contribution >= 0.6 is 11.3 Å². The average molecular weight is 178 g/mol. The highest BCUT2D eigenvalue weighted by Crippen LogP contribution is 2.15. The molecule has 60 valence electrons. The van der Waals surface area contributed by atoms with E-state index in [1.807, 2.05) is 29.1 Å². The van der Waals surface area contributed by atoms with Crippen LogP contribution in [-0.4, -0.2) is 15.8 Å². The monoisotopic (exact) mass is 178 g/mol. The molecule has 0 aliphatic rings. The molecule has 0 saturated carbocycles. The van der Waals surface area contributed by atoms with E-state index in [0.29, 0.717) is 4.88 Å². The highest BCUT2D eigenvalue weighted by molar-refractivity contribution is 7.15. The van der Waals surface area contributed by atoms with E-state index in [-0.39, 0.29) is 0 Å². The lowest BCUT2D eigenvalue weighted by Gasteiger charge is -1.92. The molecule has 0 atom stereocenters. The molecule has 0 unspecified atom stereocenters. The summed E-state index contributed by atoms with van der Waals surface area (Å²) < 4.78 is 1.87. The van der Waals surface area contributed by atoms with Crippen molar-refractivity contribution < 1.29 is 4.79 Å². The zero-order valence-corrected chi connectivity index (χ0v) is 6.99. The molecule has 0 aliphatic carbocycles. The summed E-state index contributed by atoms with van der Waals surface area (Å²) in [5, 5.41) is 0.821. The van der Waals surface area contributed by atoms with Crippen molar-refractivity contribution in [3.8, 4) is 5.13 Å². The van der Waals surface area contributed by atoms with E-state index < -0.39 is 0 Å². The molecular weight excluding hydrogens is 172 g/mol. The smallest absolute Gasteiger partial charge is 0.194 e. The number of aldehydes is 1. The highest BCUT2D eigenvalue weighted by Gasteiger charge is 2.00. The largest absolute Gasteiger partial charge is 0.300 e. The molecule has 0 aromatic carbocycles. The van der Waals surface area contributed by atoms with Gasteiger partial charge in [0.1, 0.15) is 0 Å². The van der Waals surface area contributed by atoms with Crippen LogP contribution in [0, 0.1) is 0 Å². The Morgan fingerprint density at radius 2 is 2.17 bits per heavy atom. The molecule has 2 aromatic rings. The Balaban J connectivity index is 2.41. The van der Waals surface area contributed by atoms with E-state index in [1.54, 1.807) is 6.20 Å². The maximum Gasteiger partial charge on any atom is 0.194 e. The van der Waals surface area contributed by atoms with Gasteiger partial charge in [0, 0.05) is 12.4 Å². The number of carbonyl (C=O) groups is 1. The molecule has 0 fully saturated rings. The summed E-state index contributed by atoms with van der Waals surface area (Å²) >= 11 is 1.37. The van der Waals surface area contributed by atoms with Crippen molar-refractivity contribution in [1.29, 1.82) is 0 Å². The van der Waals surface area contributed by atoms with Gasteiger partial charge in [-0.15, -0.1) is 0 Å². The number of aromatic nitrogens is 2. The molecule has 0 spiro atoms. The first-order chi connectivity index (χ1) is 5.90. The van der Waals surface area contributed by atoms with Crippen molar-refractivity contribution in [1.82, 2.24) is 9.55 Å². The quantitative estimate of drug-likeness (QED) is 0.656. The second-order valence-electron chi connectivity index (χ2n) is 2.25. The number of nitrogens with zero attached hydrogens (tertiary/aromatic N) is 2. The summed E-state index contributed by atoms with van der Waals surface area (Å²) in [5.41, 5.74) is 0. The average Bonchev–Trinajstić information content (AvgIpc) is 2.75. The third-order valence-corrected chi connectivity index (χ3v) is 2.39. The predicted molar refractivity (Wildman–Crippen MR) is 46.8 cm³/mol. The van der Waals surface area contributed by atoms with E-state index in [1.165, 1.54) is 11.3 Å². The van der Waals surface area contributed by atoms with E-state index in [4.69, 9.17) is 0 Å². The van der Waals surface area contributed by atoms with E-state index in [0.717, 1.165) is 11.4 Å². The Labute approximate surface area is 73.3 Å². The van der Waals surface area contributed by atoms with Crippen LogP contribution in [0.2, 0.25) is 0 Å². The number of rotatable bonds is 2. The SMILES string of the molecule is O=Cc1cnc(-n2cccc2)s1. The molecular formula is C8H6N2OS. The summed E-state index contributed by atoms with van der Waals surface area (Å²) in [6, 6.07) is 3.84. The zero-order chi connectivity index (χ0) is 8.39. The van der Waals surface area contributed by atoms with Crippen LogP contribution < -0.4 is 0 Å². The summed E-state index contributed by atoms with van der Waals surface area (Å²) in [6.07, 6.45) is 6.18. The van der Waals surface area contributed by atoms with Crippen molar-refractivity contribution in [2.45, 2.75) is 0 Å². The van der Waals surface area contributed by atoms with Gasteiger partial charge in [0.15, 0.2) is 11.4 Å². The number of hydrogen-bond acceptors (Lipinski definition) is 3. The molecule has 0 saturated heterocycles. The lowest BCUT2D eigenvalue weighted by Crippen LogP contribution is -1.85. The van der Waals surface area contributed by atoms with Crippen molar-refractivity contribution >= 4 is 17.6 Å². The van der Waals surface area contributed by atoms with Crippen molar-refractivity contribution in [3.05, 3.63) is 35.6 Å². The second-order valence-corrected chi connectivity index (χ2v) is 3.29. The Bertz CT molecular complexity index is 377. The summed E-state index contributed by atoms with van der Waals surface area (Å²) in [6.45, 7) is 0. The summed E-state index contributed by atoms with van der Waals surface area (Å²) in [4.78, 5) is 15.1. The second kappa shape index (κ2) is 2.91. The van der Waals surface area contributed by atoms with Gasteiger partial charge >= 0.3 is 0 Å². The first kappa shape index (κ1) is 7.24. The predicted octanol–water partition coefficient (Wildman–Crippen LogP) is 1.75. The third-order valence-electron chi connectivity index (χ3n) is 1.45. The lowest BCUT2D eigenvalue weighted by atomic mass is 10.6. The molecule has 3 nitrogen and oxygen atoms in total. The summed E-state index contributed by atoms with van der Waals surface area (Å²) in [7, 11) is 0. The van der Waals surface area contributed by atoms with E-state index in [9.17, 15) is 4.79 Å². The number of hydrogen-bond donors (Lipinski definition) is 0. The van der Waals surface area contributed by atoms with Gasteiger partial charge in [0.25, 0.3) is 0 Å². The fourth-order valence-electron chi connectivity index (χ4n) is 0.913. The van der Waals surface area contributed by atoms with Gasteiger partial charge in [-0.25, -0.2) is 4.98 Å². The van der Waals surface area contributed by atoms with E-state index in [2.05, 4.69) is 4.98 Å². The van der Waals surface area contributed by atoms with Gasteiger partial charge < -0.3 is 4.57 Å². The molecule has 12 heavy (non-hydrogen) atoms. The molecule has 0 N–H and O–H groups in total. The minimum absolute atomic E-state index is 0.652. The lowest BCUT2D eigenvalue weighted by molar-refractivity contribution is 0.112. The highest BCUT2D eigenvalue weighted by atomic mass is 32.1. The van der Waals surface area contributed by atoms with Gasteiger partial charge in [0.2, 0.25) is 0 Å². The fourth-order valence-corrected chi connectivity index (χ4v) is 1.61. The standard InChI is InChI=1S/C8H6N2OS/c11-6-7-5-9-8(12-7)10-3-1-2-4-10/h1-6H. The van der Waals surface area contributed by atoms with Crippen molar-refractivity contribution in [3.63, 3.8) is 0 Å². The van der Waals surface area contributed by atoms with Crippen LogP contribution in [0.3, 0.4) is 0 Å². The maximum absolute atomic E-state index is 10.4. The maximum atomic E-state index is 10.4. The van der Waals surface area contributed by atoms with Crippen molar-refractivity contribution in [2.75, 3.05) is 0 Å². The Morgan fingerprint density at radius 1 is 1.42 bits per heavy atom. The normalized spacial score (nSPS) is 10.0. The first-order valence-electron chi connectivity index (χ1n) is 3.44. The third kappa shape index (κ3) is 1.16. The van der Waals surface area contributed by atoms with Gasteiger partial charge in [-0.1, -0.05) is 11.3 Å². The minimum Gasteiger partial charge on any atom is -0.300 e. The Morgan fingerprint density at radius 3 is 2.75 bits per heavy atom. The van der Waals surface area contributed by atoms with Crippen LogP contribution in [0.4, 0.5) is 0 Å². The first-order valence-corrected chi connectivity index (χ1v) is 4.26. The molecule has 0 bridgehead atoms. The number of thiazole rings is 1. The van der Waals surface area contributed by atoms with Crippen LogP contribution in [0.5, 0.6) is 0 Å². The van der Waals surface area contributed by atoms with Crippen LogP contribution in [0.25, 0.3) is 5.13 Å². The van der Waals surface area contributed by atoms with Gasteiger partial charge in [-0.05, 0) is 12.1 Å². The topological polar surface area (TPSA) is 34.9 Å². The Kier molecular flexibility index (Phi) is 1.75. The molecule has 2 aromatic heterocycles.